The summed E-state index contributed by atoms with van der Waals surface area (Å²) < 4.78 is 4.64. The van der Waals surface area contributed by atoms with Crippen molar-refractivity contribution in [3.63, 3.8) is 0 Å². The van der Waals surface area contributed by atoms with Gasteiger partial charge in [0.15, 0.2) is 0 Å². The molecule has 1 N–H and O–H groups in total. The standard InChI is InChI=1S/C16H19ClN2O4/c1-23-16(22)12-9-11(6-7-13(12)17)18-14(20)10-19-8-4-2-3-5-15(19)21/h6-7,9H,2-5,8,10H2,1H3,(H,18,20). The zero-order valence-corrected chi connectivity index (χ0v) is 13.7. The highest BCUT2D eigenvalue weighted by Gasteiger charge is 2.19. The van der Waals surface area contributed by atoms with E-state index in [2.05, 4.69) is 10.1 Å². The van der Waals surface area contributed by atoms with Crippen LogP contribution in [0.3, 0.4) is 0 Å². The Balaban J connectivity index is 2.02. The molecule has 2 rings (SSSR count). The fourth-order valence-electron chi connectivity index (χ4n) is 2.45. The Morgan fingerprint density at radius 3 is 2.83 bits per heavy atom. The zero-order chi connectivity index (χ0) is 16.8. The fraction of sp³-hybridized carbons (Fsp3) is 0.438. The zero-order valence-electron chi connectivity index (χ0n) is 12.9. The summed E-state index contributed by atoms with van der Waals surface area (Å²) in [5.41, 5.74) is 0.611. The topological polar surface area (TPSA) is 75.7 Å². The van der Waals surface area contributed by atoms with Gasteiger partial charge in [0.05, 0.1) is 24.2 Å². The number of amides is 2. The van der Waals surface area contributed by atoms with Gasteiger partial charge in [0.25, 0.3) is 0 Å². The molecule has 0 bridgehead atoms. The van der Waals surface area contributed by atoms with Gasteiger partial charge in [-0.15, -0.1) is 0 Å². The number of nitrogens with one attached hydrogen (secondary N) is 1. The van der Waals surface area contributed by atoms with E-state index in [4.69, 9.17) is 11.6 Å². The lowest BCUT2D eigenvalue weighted by Crippen LogP contribution is -2.37. The van der Waals surface area contributed by atoms with E-state index in [1.165, 1.54) is 19.2 Å². The summed E-state index contributed by atoms with van der Waals surface area (Å²) in [4.78, 5) is 37.2. The number of methoxy groups -OCH3 is 1. The van der Waals surface area contributed by atoms with Gasteiger partial charge >= 0.3 is 5.97 Å². The van der Waals surface area contributed by atoms with Crippen molar-refractivity contribution in [1.29, 1.82) is 0 Å². The smallest absolute Gasteiger partial charge is 0.339 e. The van der Waals surface area contributed by atoms with E-state index in [0.717, 1.165) is 19.3 Å². The van der Waals surface area contributed by atoms with E-state index in [1.54, 1.807) is 11.0 Å². The van der Waals surface area contributed by atoms with Crippen molar-refractivity contribution in [2.45, 2.75) is 25.7 Å². The number of likely N-dealkylation sites (tertiary alicyclic amines) is 1. The maximum absolute atomic E-state index is 12.1. The SMILES string of the molecule is COC(=O)c1cc(NC(=O)CN2CCCCCC2=O)ccc1Cl. The normalized spacial score (nSPS) is 15.0. The van der Waals surface area contributed by atoms with E-state index in [1.807, 2.05) is 0 Å². The molecule has 7 heteroatoms. The number of rotatable bonds is 4. The highest BCUT2D eigenvalue weighted by molar-refractivity contribution is 6.33. The first-order valence-electron chi connectivity index (χ1n) is 7.46. The van der Waals surface area contributed by atoms with Gasteiger partial charge in [-0.3, -0.25) is 9.59 Å². The fourth-order valence-corrected chi connectivity index (χ4v) is 2.64. The lowest BCUT2D eigenvalue weighted by Gasteiger charge is -2.19. The third kappa shape index (κ3) is 4.69. The highest BCUT2D eigenvalue weighted by Crippen LogP contribution is 2.21. The van der Waals surface area contributed by atoms with Crippen LogP contribution in [0.5, 0.6) is 0 Å². The molecule has 6 nitrogen and oxygen atoms in total. The summed E-state index contributed by atoms with van der Waals surface area (Å²) in [7, 11) is 1.26. The number of benzene rings is 1. The Hall–Kier alpha value is -2.08. The summed E-state index contributed by atoms with van der Waals surface area (Å²) in [5.74, 6) is -0.879. The molecular weight excluding hydrogens is 320 g/mol. The number of carbonyl (C=O) groups is 3. The monoisotopic (exact) mass is 338 g/mol. The van der Waals surface area contributed by atoms with Crippen LogP contribution >= 0.6 is 11.6 Å². The molecule has 1 heterocycles. The minimum Gasteiger partial charge on any atom is -0.465 e. The number of nitrogens with zero attached hydrogens (tertiary/aromatic N) is 1. The Bertz CT molecular complexity index is 618. The van der Waals surface area contributed by atoms with Crippen LogP contribution in [0.2, 0.25) is 5.02 Å². The number of ether oxygens (including phenoxy) is 1. The minimum atomic E-state index is -0.575. The van der Waals surface area contributed by atoms with E-state index in [9.17, 15) is 14.4 Å². The Morgan fingerprint density at radius 2 is 2.09 bits per heavy atom. The van der Waals surface area contributed by atoms with Crippen molar-refractivity contribution in [1.82, 2.24) is 4.90 Å². The molecule has 0 aromatic heterocycles. The molecule has 23 heavy (non-hydrogen) atoms. The Morgan fingerprint density at radius 1 is 1.30 bits per heavy atom. The summed E-state index contributed by atoms with van der Waals surface area (Å²) >= 11 is 5.93. The Labute approximate surface area is 139 Å². The van der Waals surface area contributed by atoms with Crippen molar-refractivity contribution in [3.8, 4) is 0 Å². The number of anilines is 1. The van der Waals surface area contributed by atoms with Crippen molar-refractivity contribution in [2.24, 2.45) is 0 Å². The molecule has 0 radical (unpaired) electrons. The number of hydrogen-bond acceptors (Lipinski definition) is 4. The quantitative estimate of drug-likeness (QED) is 0.856. The second-order valence-electron chi connectivity index (χ2n) is 5.36. The number of halogens is 1. The lowest BCUT2D eigenvalue weighted by atomic mass is 10.2. The second-order valence-corrected chi connectivity index (χ2v) is 5.77. The maximum Gasteiger partial charge on any atom is 0.339 e. The summed E-state index contributed by atoms with van der Waals surface area (Å²) in [6.45, 7) is 0.606. The third-order valence-corrected chi connectivity index (χ3v) is 3.99. The van der Waals surface area contributed by atoms with Crippen LogP contribution in [-0.4, -0.2) is 42.9 Å². The van der Waals surface area contributed by atoms with Crippen molar-refractivity contribution < 1.29 is 19.1 Å². The van der Waals surface area contributed by atoms with E-state index < -0.39 is 5.97 Å². The third-order valence-electron chi connectivity index (χ3n) is 3.66. The highest BCUT2D eigenvalue weighted by atomic mass is 35.5. The van der Waals surface area contributed by atoms with Gasteiger partial charge in [-0.25, -0.2) is 4.79 Å². The van der Waals surface area contributed by atoms with Crippen LogP contribution in [0.4, 0.5) is 5.69 Å². The van der Waals surface area contributed by atoms with E-state index in [0.29, 0.717) is 18.7 Å². The van der Waals surface area contributed by atoms with Gasteiger partial charge in [-0.1, -0.05) is 18.0 Å². The van der Waals surface area contributed by atoms with Crippen LogP contribution in [0.15, 0.2) is 18.2 Å². The number of carbonyl (C=O) groups excluding carboxylic acids is 3. The van der Waals surface area contributed by atoms with Gasteiger partial charge in [-0.05, 0) is 31.0 Å². The molecule has 124 valence electrons. The van der Waals surface area contributed by atoms with Gasteiger partial charge in [0, 0.05) is 18.7 Å². The average molecular weight is 339 g/mol. The predicted octanol–water partition coefficient (Wildman–Crippen LogP) is 2.47. The molecule has 1 aliphatic heterocycles. The van der Waals surface area contributed by atoms with E-state index in [-0.39, 0.29) is 28.9 Å². The first-order valence-corrected chi connectivity index (χ1v) is 7.84. The van der Waals surface area contributed by atoms with E-state index >= 15 is 0 Å². The molecule has 1 aromatic carbocycles. The Kier molecular flexibility index (Phi) is 5.98. The lowest BCUT2D eigenvalue weighted by molar-refractivity contribution is -0.134. The van der Waals surface area contributed by atoms with Crippen molar-refractivity contribution in [2.75, 3.05) is 25.5 Å². The molecule has 1 aliphatic rings. The minimum absolute atomic E-state index is 0.00371. The van der Waals surface area contributed by atoms with Crippen LogP contribution in [-0.2, 0) is 14.3 Å². The van der Waals surface area contributed by atoms with Crippen molar-refractivity contribution >= 4 is 35.1 Å². The van der Waals surface area contributed by atoms with Crippen molar-refractivity contribution in [3.05, 3.63) is 28.8 Å². The summed E-state index contributed by atoms with van der Waals surface area (Å²) in [6, 6.07) is 4.56. The number of esters is 1. The number of hydrogen-bond donors (Lipinski definition) is 1. The predicted molar refractivity (Wildman–Crippen MR) is 86.5 cm³/mol. The summed E-state index contributed by atoms with van der Waals surface area (Å²) in [5, 5.41) is 2.93. The first-order chi connectivity index (χ1) is 11.0. The largest absolute Gasteiger partial charge is 0.465 e. The van der Waals surface area contributed by atoms with Crippen LogP contribution < -0.4 is 5.32 Å². The molecule has 2 amide bonds. The van der Waals surface area contributed by atoms with Crippen LogP contribution in [0, 0.1) is 0 Å². The second kappa shape index (κ2) is 7.97. The molecule has 0 saturated carbocycles. The molecule has 0 spiro atoms. The molecule has 0 aliphatic carbocycles. The summed E-state index contributed by atoms with van der Waals surface area (Å²) in [6.07, 6.45) is 3.27. The van der Waals surface area contributed by atoms with Gasteiger partial charge < -0.3 is 15.0 Å². The average Bonchev–Trinajstić information content (AvgIpc) is 2.73. The van der Waals surface area contributed by atoms with Gasteiger partial charge in [0.1, 0.15) is 0 Å². The molecule has 1 saturated heterocycles. The van der Waals surface area contributed by atoms with Gasteiger partial charge in [-0.2, -0.15) is 0 Å². The first kappa shape index (κ1) is 17.3. The van der Waals surface area contributed by atoms with Crippen LogP contribution in [0.25, 0.3) is 0 Å². The molecular formula is C16H19ClN2O4. The molecule has 0 unspecified atom stereocenters. The molecule has 0 atom stereocenters. The van der Waals surface area contributed by atoms with Crippen LogP contribution in [0.1, 0.15) is 36.0 Å². The molecule has 1 fully saturated rings. The van der Waals surface area contributed by atoms with Gasteiger partial charge in [0.2, 0.25) is 11.8 Å². The molecule has 1 aromatic rings. The maximum atomic E-state index is 12.1.